The number of hydrogen-bond acceptors (Lipinski definition) is 2. The normalized spacial score (nSPS) is 11.3. The monoisotopic (exact) mass is 264 g/mol. The van der Waals surface area contributed by atoms with Gasteiger partial charge in [0.15, 0.2) is 0 Å². The number of benzene rings is 1. The molecule has 0 fully saturated rings. The summed E-state index contributed by atoms with van der Waals surface area (Å²) < 4.78 is 0. The van der Waals surface area contributed by atoms with Crippen LogP contribution in [0, 0.1) is 0 Å². The summed E-state index contributed by atoms with van der Waals surface area (Å²) in [6, 6.07) is 8.70. The number of aromatic nitrogens is 2. The predicted octanol–water partition coefficient (Wildman–Crippen LogP) is 4.69. The van der Waals surface area contributed by atoms with Crippen LogP contribution in [-0.4, -0.2) is 9.97 Å². The molecule has 0 saturated carbocycles. The molecule has 0 aliphatic heterocycles. The van der Waals surface area contributed by atoms with Crippen molar-refractivity contribution in [3.05, 3.63) is 47.8 Å². The maximum absolute atomic E-state index is 4.59. The fourth-order valence-corrected chi connectivity index (χ4v) is 2.92. The van der Waals surface area contributed by atoms with Crippen LogP contribution in [0.2, 0.25) is 0 Å². The van der Waals surface area contributed by atoms with Gasteiger partial charge in [-0.3, -0.25) is 9.97 Å². The molecule has 0 radical (unpaired) electrons. The molecule has 0 N–H and O–H groups in total. The fourth-order valence-electron chi connectivity index (χ4n) is 2.92. The molecule has 2 nitrogen and oxygen atoms in total. The number of aryl methyl sites for hydroxylation is 2. The fraction of sp³-hybridized carbons (Fsp3) is 0.333. The average Bonchev–Trinajstić information content (AvgIpc) is 2.48. The molecule has 0 amide bonds. The Morgan fingerprint density at radius 1 is 0.700 bits per heavy atom. The first-order valence-corrected chi connectivity index (χ1v) is 7.49. The number of pyridine rings is 2. The standard InChI is InChI=1S/C18H20N2/c1-3-5-13-9-11-19-17-15(13)7-8-16-14(6-4-2)10-12-20-18(16)17/h7-12H,3-6H2,1-2H3. The maximum atomic E-state index is 4.59. The van der Waals surface area contributed by atoms with Gasteiger partial charge in [-0.1, -0.05) is 38.8 Å². The van der Waals surface area contributed by atoms with Crippen LogP contribution in [0.4, 0.5) is 0 Å². The van der Waals surface area contributed by atoms with E-state index in [2.05, 4.69) is 48.1 Å². The van der Waals surface area contributed by atoms with E-state index in [9.17, 15) is 0 Å². The average molecular weight is 264 g/mol. The van der Waals surface area contributed by atoms with E-state index in [0.29, 0.717) is 0 Å². The SMILES string of the molecule is CCCc1ccnc2c1ccc1c(CCC)ccnc12. The third kappa shape index (κ3) is 2.15. The molecule has 102 valence electrons. The third-order valence-electron chi connectivity index (χ3n) is 3.84. The van der Waals surface area contributed by atoms with Gasteiger partial charge in [0.05, 0.1) is 11.0 Å². The molecule has 0 aliphatic carbocycles. The van der Waals surface area contributed by atoms with Crippen LogP contribution in [0.5, 0.6) is 0 Å². The first-order chi connectivity index (χ1) is 9.85. The molecule has 2 aromatic heterocycles. The largest absolute Gasteiger partial charge is 0.254 e. The van der Waals surface area contributed by atoms with E-state index in [0.717, 1.165) is 36.7 Å². The van der Waals surface area contributed by atoms with Gasteiger partial charge in [-0.15, -0.1) is 0 Å². The highest BCUT2D eigenvalue weighted by molar-refractivity contribution is 6.04. The second kappa shape index (κ2) is 5.58. The summed E-state index contributed by atoms with van der Waals surface area (Å²) in [7, 11) is 0. The van der Waals surface area contributed by atoms with Crippen LogP contribution in [0.3, 0.4) is 0 Å². The predicted molar refractivity (Wildman–Crippen MR) is 85.0 cm³/mol. The van der Waals surface area contributed by atoms with Gasteiger partial charge in [-0.2, -0.15) is 0 Å². The first kappa shape index (κ1) is 13.0. The maximum Gasteiger partial charge on any atom is 0.0967 e. The summed E-state index contributed by atoms with van der Waals surface area (Å²) in [5, 5.41) is 2.51. The number of rotatable bonds is 4. The lowest BCUT2D eigenvalue weighted by Gasteiger charge is -2.09. The van der Waals surface area contributed by atoms with Gasteiger partial charge in [0.25, 0.3) is 0 Å². The Bertz CT molecular complexity index is 682. The molecule has 0 bridgehead atoms. The lowest BCUT2D eigenvalue weighted by Crippen LogP contribution is -1.93. The molecule has 20 heavy (non-hydrogen) atoms. The number of nitrogens with zero attached hydrogens (tertiary/aromatic N) is 2. The minimum Gasteiger partial charge on any atom is -0.254 e. The Hall–Kier alpha value is -1.96. The van der Waals surface area contributed by atoms with Crippen LogP contribution in [0.1, 0.15) is 37.8 Å². The summed E-state index contributed by atoms with van der Waals surface area (Å²) in [6.07, 6.45) is 8.33. The minimum atomic E-state index is 1.05. The Morgan fingerprint density at radius 2 is 1.15 bits per heavy atom. The van der Waals surface area contributed by atoms with Crippen molar-refractivity contribution < 1.29 is 0 Å². The Kier molecular flexibility index (Phi) is 3.64. The van der Waals surface area contributed by atoms with Crippen molar-refractivity contribution in [1.82, 2.24) is 9.97 Å². The Morgan fingerprint density at radius 3 is 1.55 bits per heavy atom. The number of hydrogen-bond donors (Lipinski definition) is 0. The second-order valence-electron chi connectivity index (χ2n) is 5.30. The van der Waals surface area contributed by atoms with E-state index in [1.807, 2.05) is 12.4 Å². The second-order valence-corrected chi connectivity index (χ2v) is 5.30. The summed E-state index contributed by atoms with van der Waals surface area (Å²) >= 11 is 0. The molecular formula is C18H20N2. The van der Waals surface area contributed by atoms with Gasteiger partial charge in [0.2, 0.25) is 0 Å². The summed E-state index contributed by atoms with van der Waals surface area (Å²) in [6.45, 7) is 4.43. The van der Waals surface area contributed by atoms with Crippen molar-refractivity contribution >= 4 is 21.8 Å². The molecule has 0 unspecified atom stereocenters. The van der Waals surface area contributed by atoms with Gasteiger partial charge in [-0.05, 0) is 36.1 Å². The molecule has 3 rings (SSSR count). The van der Waals surface area contributed by atoms with Crippen molar-refractivity contribution in [3.63, 3.8) is 0 Å². The molecule has 0 aliphatic rings. The lowest BCUT2D eigenvalue weighted by molar-refractivity contribution is 0.926. The van der Waals surface area contributed by atoms with Crippen LogP contribution in [-0.2, 0) is 12.8 Å². The molecule has 0 atom stereocenters. The van der Waals surface area contributed by atoms with Gasteiger partial charge < -0.3 is 0 Å². The zero-order valence-corrected chi connectivity index (χ0v) is 12.2. The van der Waals surface area contributed by atoms with E-state index in [4.69, 9.17) is 0 Å². The van der Waals surface area contributed by atoms with Gasteiger partial charge in [0, 0.05) is 23.2 Å². The molecule has 3 aromatic rings. The molecule has 2 heteroatoms. The highest BCUT2D eigenvalue weighted by atomic mass is 14.7. The van der Waals surface area contributed by atoms with Crippen LogP contribution < -0.4 is 0 Å². The summed E-state index contributed by atoms with van der Waals surface area (Å²) in [5.41, 5.74) is 4.85. The van der Waals surface area contributed by atoms with E-state index >= 15 is 0 Å². The van der Waals surface area contributed by atoms with Crippen LogP contribution in [0.25, 0.3) is 21.8 Å². The van der Waals surface area contributed by atoms with Crippen molar-refractivity contribution in [2.24, 2.45) is 0 Å². The summed E-state index contributed by atoms with van der Waals surface area (Å²) in [5.74, 6) is 0. The zero-order chi connectivity index (χ0) is 13.9. The smallest absolute Gasteiger partial charge is 0.0967 e. The lowest BCUT2D eigenvalue weighted by atomic mass is 9.99. The van der Waals surface area contributed by atoms with Gasteiger partial charge >= 0.3 is 0 Å². The third-order valence-corrected chi connectivity index (χ3v) is 3.84. The van der Waals surface area contributed by atoms with Gasteiger partial charge in [0.1, 0.15) is 0 Å². The number of fused-ring (bicyclic) bond motifs is 3. The van der Waals surface area contributed by atoms with E-state index in [1.54, 1.807) is 0 Å². The molecular weight excluding hydrogens is 244 g/mol. The molecule has 2 heterocycles. The molecule has 0 saturated heterocycles. The van der Waals surface area contributed by atoms with E-state index in [1.165, 1.54) is 21.9 Å². The van der Waals surface area contributed by atoms with Crippen LogP contribution >= 0.6 is 0 Å². The molecule has 1 aromatic carbocycles. The quantitative estimate of drug-likeness (QED) is 0.639. The molecule has 0 spiro atoms. The van der Waals surface area contributed by atoms with Crippen molar-refractivity contribution in [1.29, 1.82) is 0 Å². The Balaban J connectivity index is 2.31. The van der Waals surface area contributed by atoms with Crippen molar-refractivity contribution in [2.75, 3.05) is 0 Å². The van der Waals surface area contributed by atoms with E-state index in [-0.39, 0.29) is 0 Å². The minimum absolute atomic E-state index is 1.05. The van der Waals surface area contributed by atoms with Crippen molar-refractivity contribution in [2.45, 2.75) is 39.5 Å². The topological polar surface area (TPSA) is 25.8 Å². The van der Waals surface area contributed by atoms with Gasteiger partial charge in [-0.25, -0.2) is 0 Å². The zero-order valence-electron chi connectivity index (χ0n) is 12.2. The highest BCUT2D eigenvalue weighted by Crippen LogP contribution is 2.27. The Labute approximate surface area is 119 Å². The summed E-state index contributed by atoms with van der Waals surface area (Å²) in [4.78, 5) is 9.18. The van der Waals surface area contributed by atoms with E-state index < -0.39 is 0 Å². The first-order valence-electron chi connectivity index (χ1n) is 7.49. The highest BCUT2D eigenvalue weighted by Gasteiger charge is 2.08. The van der Waals surface area contributed by atoms with Crippen molar-refractivity contribution in [3.8, 4) is 0 Å². The van der Waals surface area contributed by atoms with Crippen LogP contribution in [0.15, 0.2) is 36.7 Å².